The Morgan fingerprint density at radius 2 is 1.13 bits per heavy atom. The summed E-state index contributed by atoms with van der Waals surface area (Å²) in [5.41, 5.74) is 2.96. The van der Waals surface area contributed by atoms with Crippen LogP contribution < -0.4 is 4.74 Å². The van der Waals surface area contributed by atoms with E-state index in [1.165, 1.54) is 12.1 Å². The second-order valence-electron chi connectivity index (χ2n) is 9.05. The molecule has 0 aliphatic rings. The van der Waals surface area contributed by atoms with Crippen LogP contribution in [-0.2, 0) is 18.1 Å². The van der Waals surface area contributed by atoms with Gasteiger partial charge in [-0.3, -0.25) is 0 Å². The molecule has 1 heterocycles. The van der Waals surface area contributed by atoms with Crippen LogP contribution in [0.4, 0.5) is 13.2 Å². The molecule has 38 heavy (non-hydrogen) atoms. The Labute approximate surface area is 220 Å². The average Bonchev–Trinajstić information content (AvgIpc) is 3.42. The molecule has 0 bridgehead atoms. The lowest BCUT2D eigenvalue weighted by Gasteiger charge is -2.37. The van der Waals surface area contributed by atoms with E-state index in [0.717, 1.165) is 34.5 Å². The van der Waals surface area contributed by atoms with Crippen molar-refractivity contribution in [3.63, 3.8) is 0 Å². The number of alkyl halides is 3. The standard InChI is InChI=1S/C32H27F3N2O/c33-32(34,35)28-18-20-30(21-19-28)38-22-10-17-29-23-37(24-36-29)31(25-11-4-1-5-12-25,26-13-6-2-7-14-26)27-15-8-3-9-16-27/h1-9,11-16,18-21,23-24H,10,17,22H2. The lowest BCUT2D eigenvalue weighted by Crippen LogP contribution is -2.36. The van der Waals surface area contributed by atoms with E-state index in [4.69, 9.17) is 9.72 Å². The summed E-state index contributed by atoms with van der Waals surface area (Å²) in [5, 5.41) is 0. The van der Waals surface area contributed by atoms with Crippen molar-refractivity contribution in [2.75, 3.05) is 6.61 Å². The van der Waals surface area contributed by atoms with Gasteiger partial charge in [0.2, 0.25) is 0 Å². The summed E-state index contributed by atoms with van der Waals surface area (Å²) in [6, 6.07) is 35.9. The van der Waals surface area contributed by atoms with Crippen molar-refractivity contribution in [2.24, 2.45) is 0 Å². The number of aromatic nitrogens is 2. The van der Waals surface area contributed by atoms with Crippen molar-refractivity contribution >= 4 is 0 Å². The third kappa shape index (κ3) is 5.21. The van der Waals surface area contributed by atoms with Gasteiger partial charge in [-0.1, -0.05) is 91.0 Å². The Morgan fingerprint density at radius 1 is 0.632 bits per heavy atom. The normalized spacial score (nSPS) is 11.9. The zero-order chi connectivity index (χ0) is 26.4. The zero-order valence-corrected chi connectivity index (χ0v) is 20.7. The minimum Gasteiger partial charge on any atom is -0.494 e. The van der Waals surface area contributed by atoms with Crippen LogP contribution >= 0.6 is 0 Å². The number of rotatable bonds is 9. The topological polar surface area (TPSA) is 27.1 Å². The third-order valence-electron chi connectivity index (χ3n) is 6.63. The average molecular weight is 513 g/mol. The molecule has 0 unspecified atom stereocenters. The fourth-order valence-electron chi connectivity index (χ4n) is 4.84. The van der Waals surface area contributed by atoms with E-state index in [9.17, 15) is 13.2 Å². The van der Waals surface area contributed by atoms with Gasteiger partial charge in [-0.2, -0.15) is 13.2 Å². The number of halogens is 3. The van der Waals surface area contributed by atoms with Crippen LogP contribution in [0.3, 0.4) is 0 Å². The smallest absolute Gasteiger partial charge is 0.416 e. The first-order valence-electron chi connectivity index (χ1n) is 12.5. The SMILES string of the molecule is FC(F)(F)c1ccc(OCCCc2cn(C(c3ccccc3)(c3ccccc3)c3ccccc3)cn2)cc1. The Balaban J connectivity index is 1.39. The van der Waals surface area contributed by atoms with Gasteiger partial charge >= 0.3 is 6.18 Å². The molecule has 5 rings (SSSR count). The monoisotopic (exact) mass is 512 g/mol. The highest BCUT2D eigenvalue weighted by Crippen LogP contribution is 2.40. The van der Waals surface area contributed by atoms with Crippen molar-refractivity contribution in [2.45, 2.75) is 24.6 Å². The molecular weight excluding hydrogens is 485 g/mol. The van der Waals surface area contributed by atoms with Crippen LogP contribution in [0.5, 0.6) is 5.75 Å². The number of nitrogens with zero attached hydrogens (tertiary/aromatic N) is 2. The van der Waals surface area contributed by atoms with Crippen molar-refractivity contribution in [1.29, 1.82) is 0 Å². The lowest BCUT2D eigenvalue weighted by molar-refractivity contribution is -0.137. The van der Waals surface area contributed by atoms with Gasteiger partial charge in [0.15, 0.2) is 0 Å². The molecule has 0 radical (unpaired) electrons. The van der Waals surface area contributed by atoms with Crippen molar-refractivity contribution in [3.8, 4) is 5.75 Å². The van der Waals surface area contributed by atoms with Crippen LogP contribution in [0.1, 0.15) is 34.4 Å². The van der Waals surface area contributed by atoms with Crippen LogP contribution in [0.25, 0.3) is 0 Å². The molecule has 6 heteroatoms. The number of benzene rings is 4. The molecule has 0 aliphatic heterocycles. The summed E-state index contributed by atoms with van der Waals surface area (Å²) in [5.74, 6) is 0.416. The first-order chi connectivity index (χ1) is 18.5. The molecule has 0 spiro atoms. The number of hydrogen-bond acceptors (Lipinski definition) is 2. The molecule has 0 N–H and O–H groups in total. The van der Waals surface area contributed by atoms with Crippen LogP contribution in [0, 0.1) is 0 Å². The van der Waals surface area contributed by atoms with E-state index in [1.807, 2.05) is 60.9 Å². The first kappa shape index (κ1) is 25.3. The Morgan fingerprint density at radius 3 is 1.61 bits per heavy atom. The van der Waals surface area contributed by atoms with E-state index in [1.54, 1.807) is 0 Å². The summed E-state index contributed by atoms with van der Waals surface area (Å²) in [6.45, 7) is 0.374. The van der Waals surface area contributed by atoms with Gasteiger partial charge in [0.05, 0.1) is 24.2 Å². The second-order valence-corrected chi connectivity index (χ2v) is 9.05. The molecule has 192 valence electrons. The number of hydrogen-bond donors (Lipinski definition) is 0. The molecule has 4 aromatic carbocycles. The molecule has 0 saturated heterocycles. The van der Waals surface area contributed by atoms with Crippen molar-refractivity contribution in [1.82, 2.24) is 9.55 Å². The summed E-state index contributed by atoms with van der Waals surface area (Å²) >= 11 is 0. The molecule has 5 aromatic rings. The van der Waals surface area contributed by atoms with E-state index in [0.29, 0.717) is 25.2 Å². The molecule has 0 saturated carbocycles. The van der Waals surface area contributed by atoms with E-state index < -0.39 is 17.3 Å². The van der Waals surface area contributed by atoms with Gasteiger partial charge < -0.3 is 9.30 Å². The zero-order valence-electron chi connectivity index (χ0n) is 20.7. The molecule has 0 amide bonds. The summed E-state index contributed by atoms with van der Waals surface area (Å²) in [4.78, 5) is 4.72. The second kappa shape index (κ2) is 11.0. The molecule has 1 aromatic heterocycles. The maximum absolute atomic E-state index is 12.8. The minimum atomic E-state index is -4.36. The van der Waals surface area contributed by atoms with Crippen LogP contribution in [0.15, 0.2) is 128 Å². The Hall–Kier alpha value is -4.32. The molecule has 0 aliphatic carbocycles. The van der Waals surface area contributed by atoms with Gasteiger partial charge in [0, 0.05) is 6.20 Å². The number of imidazole rings is 1. The minimum absolute atomic E-state index is 0.374. The summed E-state index contributed by atoms with van der Waals surface area (Å²) in [6.07, 6.45) is 0.936. The van der Waals surface area contributed by atoms with E-state index >= 15 is 0 Å². The maximum Gasteiger partial charge on any atom is 0.416 e. The van der Waals surface area contributed by atoms with Crippen molar-refractivity contribution in [3.05, 3.63) is 156 Å². The predicted molar refractivity (Wildman–Crippen MR) is 142 cm³/mol. The number of aryl methyl sites for hydroxylation is 1. The summed E-state index contributed by atoms with van der Waals surface area (Å²) < 4.78 is 46.2. The van der Waals surface area contributed by atoms with Gasteiger partial charge in [-0.15, -0.1) is 0 Å². The largest absolute Gasteiger partial charge is 0.494 e. The first-order valence-corrected chi connectivity index (χ1v) is 12.5. The fraction of sp³-hybridized carbons (Fsp3) is 0.156. The maximum atomic E-state index is 12.8. The summed E-state index contributed by atoms with van der Waals surface area (Å²) in [7, 11) is 0. The highest BCUT2D eigenvalue weighted by Gasteiger charge is 2.38. The van der Waals surface area contributed by atoms with Crippen LogP contribution in [0.2, 0.25) is 0 Å². The highest BCUT2D eigenvalue weighted by atomic mass is 19.4. The van der Waals surface area contributed by atoms with Crippen LogP contribution in [-0.4, -0.2) is 16.2 Å². The molecule has 3 nitrogen and oxygen atoms in total. The Bertz CT molecular complexity index is 1330. The third-order valence-corrected chi connectivity index (χ3v) is 6.63. The van der Waals surface area contributed by atoms with Gasteiger partial charge in [0.25, 0.3) is 0 Å². The lowest BCUT2D eigenvalue weighted by atomic mass is 9.77. The van der Waals surface area contributed by atoms with Gasteiger partial charge in [-0.25, -0.2) is 4.98 Å². The van der Waals surface area contributed by atoms with Crippen molar-refractivity contribution < 1.29 is 17.9 Å². The Kier molecular flexibility index (Phi) is 7.31. The molecule has 0 fully saturated rings. The number of ether oxygens (including phenoxy) is 1. The molecular formula is C32H27F3N2O. The van der Waals surface area contributed by atoms with Gasteiger partial charge in [-0.05, 0) is 53.8 Å². The quantitative estimate of drug-likeness (QED) is 0.149. The highest BCUT2D eigenvalue weighted by molar-refractivity contribution is 5.50. The van der Waals surface area contributed by atoms with E-state index in [-0.39, 0.29) is 0 Å². The molecule has 0 atom stereocenters. The predicted octanol–water partition coefficient (Wildman–Crippen LogP) is 7.75. The van der Waals surface area contributed by atoms with E-state index in [2.05, 4.69) is 47.2 Å². The fourth-order valence-corrected chi connectivity index (χ4v) is 4.84. The van der Waals surface area contributed by atoms with Gasteiger partial charge in [0.1, 0.15) is 11.3 Å².